The number of benzene rings is 1. The third kappa shape index (κ3) is 4.24. The molecule has 0 saturated heterocycles. The van der Waals surface area contributed by atoms with E-state index in [0.717, 1.165) is 0 Å². The number of rotatable bonds is 6. The molecular weight excluding hydrogens is 272 g/mol. The lowest BCUT2D eigenvalue weighted by atomic mass is 10.2. The van der Waals surface area contributed by atoms with E-state index in [-0.39, 0.29) is 23.4 Å². The lowest BCUT2D eigenvalue weighted by Crippen LogP contribution is -2.40. The Labute approximate surface area is 124 Å². The van der Waals surface area contributed by atoms with Crippen molar-refractivity contribution in [1.82, 2.24) is 4.90 Å². The summed E-state index contributed by atoms with van der Waals surface area (Å²) in [6, 6.07) is 4.13. The third-order valence-corrected chi connectivity index (χ3v) is 2.89. The summed E-state index contributed by atoms with van der Waals surface area (Å²) < 4.78 is 5.02. The monoisotopic (exact) mass is 292 g/mol. The van der Waals surface area contributed by atoms with E-state index in [2.05, 4.69) is 11.9 Å². The van der Waals surface area contributed by atoms with E-state index in [1.165, 1.54) is 25.3 Å². The summed E-state index contributed by atoms with van der Waals surface area (Å²) in [5.74, 6) is -0.889. The number of amides is 2. The second-order valence-electron chi connectivity index (χ2n) is 4.69. The number of methoxy groups -OCH3 is 1. The van der Waals surface area contributed by atoms with Crippen molar-refractivity contribution in [3.63, 3.8) is 0 Å². The van der Waals surface area contributed by atoms with E-state index in [1.54, 1.807) is 11.0 Å². The van der Waals surface area contributed by atoms with Crippen molar-refractivity contribution in [1.29, 1.82) is 0 Å². The molecule has 0 unspecified atom stereocenters. The molecule has 1 aromatic rings. The van der Waals surface area contributed by atoms with Gasteiger partial charge in [0.2, 0.25) is 0 Å². The second kappa shape index (κ2) is 7.33. The highest BCUT2D eigenvalue weighted by Crippen LogP contribution is 2.23. The number of nitrogens with one attached hydrogen (secondary N) is 1. The van der Waals surface area contributed by atoms with Crippen LogP contribution in [-0.4, -0.2) is 41.7 Å². The third-order valence-electron chi connectivity index (χ3n) is 2.89. The molecule has 2 N–H and O–H groups in total. The van der Waals surface area contributed by atoms with Crippen LogP contribution < -0.4 is 10.1 Å². The summed E-state index contributed by atoms with van der Waals surface area (Å²) in [4.78, 5) is 24.8. The highest BCUT2D eigenvalue weighted by molar-refractivity contribution is 5.94. The summed E-state index contributed by atoms with van der Waals surface area (Å²) in [6.07, 6.45) is 1.65. The molecule has 2 amide bonds. The maximum Gasteiger partial charge on any atom is 0.339 e. The number of urea groups is 1. The van der Waals surface area contributed by atoms with Crippen LogP contribution in [-0.2, 0) is 0 Å². The standard InChI is InChI=1S/C15H20N2O4/c1-5-8-17(10(2)3)15(20)16-11-6-7-12(14(18)19)13(9-11)21-4/h5-7,9-10H,1,8H2,2-4H3,(H,16,20)(H,18,19). The van der Waals surface area contributed by atoms with Crippen LogP contribution in [0.2, 0.25) is 0 Å². The highest BCUT2D eigenvalue weighted by Gasteiger charge is 2.17. The van der Waals surface area contributed by atoms with Crippen LogP contribution in [0.1, 0.15) is 24.2 Å². The van der Waals surface area contributed by atoms with Gasteiger partial charge < -0.3 is 20.1 Å². The summed E-state index contributed by atoms with van der Waals surface area (Å²) in [5, 5.41) is 11.7. The van der Waals surface area contributed by atoms with Gasteiger partial charge in [-0.25, -0.2) is 9.59 Å². The molecule has 0 aliphatic rings. The summed E-state index contributed by atoms with van der Waals surface area (Å²) in [5.41, 5.74) is 0.513. The molecule has 6 nitrogen and oxygen atoms in total. The van der Waals surface area contributed by atoms with E-state index < -0.39 is 5.97 Å². The van der Waals surface area contributed by atoms with Gasteiger partial charge in [0.15, 0.2) is 0 Å². The molecule has 0 radical (unpaired) electrons. The Morgan fingerprint density at radius 1 is 1.48 bits per heavy atom. The number of carbonyl (C=O) groups excluding carboxylic acids is 1. The lowest BCUT2D eigenvalue weighted by molar-refractivity contribution is 0.0693. The summed E-state index contributed by atoms with van der Waals surface area (Å²) in [6.45, 7) is 7.85. The van der Waals surface area contributed by atoms with Crippen LogP contribution in [0.4, 0.5) is 10.5 Å². The maximum atomic E-state index is 12.2. The molecule has 0 aliphatic carbocycles. The molecule has 0 heterocycles. The Morgan fingerprint density at radius 2 is 2.14 bits per heavy atom. The van der Waals surface area contributed by atoms with Gasteiger partial charge in [-0.3, -0.25) is 0 Å². The van der Waals surface area contributed by atoms with Gasteiger partial charge in [0.25, 0.3) is 0 Å². The Hall–Kier alpha value is -2.50. The Bertz CT molecular complexity index is 540. The Morgan fingerprint density at radius 3 is 2.62 bits per heavy atom. The smallest absolute Gasteiger partial charge is 0.339 e. The van der Waals surface area contributed by atoms with Gasteiger partial charge >= 0.3 is 12.0 Å². The molecule has 0 fully saturated rings. The van der Waals surface area contributed by atoms with Gasteiger partial charge in [-0.1, -0.05) is 6.08 Å². The number of ether oxygens (including phenoxy) is 1. The fourth-order valence-corrected chi connectivity index (χ4v) is 1.81. The average molecular weight is 292 g/mol. The van der Waals surface area contributed by atoms with E-state index >= 15 is 0 Å². The first-order chi connectivity index (χ1) is 9.90. The highest BCUT2D eigenvalue weighted by atomic mass is 16.5. The van der Waals surface area contributed by atoms with Crippen molar-refractivity contribution in [3.05, 3.63) is 36.4 Å². The maximum absolute atomic E-state index is 12.2. The Balaban J connectivity index is 2.94. The van der Waals surface area contributed by atoms with Crippen LogP contribution in [0.5, 0.6) is 5.75 Å². The minimum Gasteiger partial charge on any atom is -0.496 e. The van der Waals surface area contributed by atoms with Crippen molar-refractivity contribution in [2.24, 2.45) is 0 Å². The van der Waals surface area contributed by atoms with Crippen LogP contribution in [0.25, 0.3) is 0 Å². The zero-order valence-electron chi connectivity index (χ0n) is 12.4. The predicted molar refractivity (Wildman–Crippen MR) is 81.0 cm³/mol. The first-order valence-corrected chi connectivity index (χ1v) is 6.50. The number of hydrogen-bond donors (Lipinski definition) is 2. The molecule has 0 aliphatic heterocycles. The molecule has 0 atom stereocenters. The summed E-state index contributed by atoms with van der Waals surface area (Å²) in [7, 11) is 1.38. The van der Waals surface area contributed by atoms with Crippen molar-refractivity contribution in [2.45, 2.75) is 19.9 Å². The number of hydrogen-bond acceptors (Lipinski definition) is 3. The normalized spacial score (nSPS) is 10.1. The molecule has 1 rings (SSSR count). The Kier molecular flexibility index (Phi) is 5.78. The molecule has 0 bridgehead atoms. The zero-order chi connectivity index (χ0) is 16.0. The van der Waals surface area contributed by atoms with E-state index in [9.17, 15) is 9.59 Å². The molecule has 21 heavy (non-hydrogen) atoms. The molecular formula is C15H20N2O4. The quantitative estimate of drug-likeness (QED) is 0.790. The molecule has 0 spiro atoms. The van der Waals surface area contributed by atoms with Crippen LogP contribution >= 0.6 is 0 Å². The predicted octanol–water partition coefficient (Wildman–Crippen LogP) is 2.82. The summed E-state index contributed by atoms with van der Waals surface area (Å²) >= 11 is 0. The van der Waals surface area contributed by atoms with Gasteiger partial charge in [0.05, 0.1) is 7.11 Å². The van der Waals surface area contributed by atoms with Gasteiger partial charge in [-0.15, -0.1) is 6.58 Å². The van der Waals surface area contributed by atoms with Crippen LogP contribution in [0.15, 0.2) is 30.9 Å². The van der Waals surface area contributed by atoms with E-state index in [1.807, 2.05) is 13.8 Å². The first-order valence-electron chi connectivity index (χ1n) is 6.50. The SMILES string of the molecule is C=CCN(C(=O)Nc1ccc(C(=O)O)c(OC)c1)C(C)C. The second-order valence-corrected chi connectivity index (χ2v) is 4.69. The van der Waals surface area contributed by atoms with Crippen molar-refractivity contribution in [2.75, 3.05) is 19.0 Å². The average Bonchev–Trinajstić information content (AvgIpc) is 2.43. The number of carboxylic acid groups (broad SMARTS) is 1. The van der Waals surface area contributed by atoms with Gasteiger partial charge in [0, 0.05) is 24.3 Å². The minimum atomic E-state index is -1.08. The fourth-order valence-electron chi connectivity index (χ4n) is 1.81. The van der Waals surface area contributed by atoms with Crippen molar-refractivity contribution < 1.29 is 19.4 Å². The first kappa shape index (κ1) is 16.6. The number of carbonyl (C=O) groups is 2. The molecule has 0 saturated carbocycles. The van der Waals surface area contributed by atoms with Gasteiger partial charge in [-0.05, 0) is 26.0 Å². The van der Waals surface area contributed by atoms with E-state index in [0.29, 0.717) is 12.2 Å². The molecule has 1 aromatic carbocycles. The van der Waals surface area contributed by atoms with E-state index in [4.69, 9.17) is 9.84 Å². The topological polar surface area (TPSA) is 78.9 Å². The lowest BCUT2D eigenvalue weighted by Gasteiger charge is -2.25. The molecule has 114 valence electrons. The van der Waals surface area contributed by atoms with Crippen molar-refractivity contribution in [3.8, 4) is 5.75 Å². The fraction of sp³-hybridized carbons (Fsp3) is 0.333. The number of aromatic carboxylic acids is 1. The van der Waals surface area contributed by atoms with Crippen molar-refractivity contribution >= 4 is 17.7 Å². The number of carboxylic acids is 1. The van der Waals surface area contributed by atoms with Crippen LogP contribution in [0, 0.1) is 0 Å². The minimum absolute atomic E-state index is 0.0168. The number of anilines is 1. The molecule has 0 aromatic heterocycles. The largest absolute Gasteiger partial charge is 0.496 e. The van der Waals surface area contributed by atoms with Crippen LogP contribution in [0.3, 0.4) is 0 Å². The number of nitrogens with zero attached hydrogens (tertiary/aromatic N) is 1. The van der Waals surface area contributed by atoms with Gasteiger partial charge in [-0.2, -0.15) is 0 Å². The molecule has 6 heteroatoms. The van der Waals surface area contributed by atoms with Gasteiger partial charge in [0.1, 0.15) is 11.3 Å². The zero-order valence-corrected chi connectivity index (χ0v) is 12.4.